The van der Waals surface area contributed by atoms with Crippen LogP contribution < -0.4 is 5.32 Å². The van der Waals surface area contributed by atoms with E-state index >= 15 is 0 Å². The van der Waals surface area contributed by atoms with Gasteiger partial charge in [-0.2, -0.15) is 0 Å². The molecule has 1 atom stereocenters. The molecule has 114 valence electrons. The Labute approximate surface area is 125 Å². The number of carbonyl (C=O) groups excluding carboxylic acids is 1. The second kappa shape index (κ2) is 6.56. The minimum absolute atomic E-state index is 0.0949. The predicted octanol–water partition coefficient (Wildman–Crippen LogP) is 3.37. The van der Waals surface area contributed by atoms with Crippen LogP contribution in [0.1, 0.15) is 56.7 Å². The third kappa shape index (κ3) is 3.26. The Morgan fingerprint density at radius 2 is 1.62 bits per heavy atom. The van der Waals surface area contributed by atoms with Crippen LogP contribution in [0, 0.1) is 5.82 Å². The molecule has 0 bridgehead atoms. The first kappa shape index (κ1) is 14.5. The second-order valence-corrected chi connectivity index (χ2v) is 6.13. The van der Waals surface area contributed by atoms with Gasteiger partial charge in [-0.05, 0) is 30.5 Å². The SMILES string of the molecule is O=C1CNC(c2ccc(F)cc2)N1C1CCCCCCC1. The first-order chi connectivity index (χ1) is 10.3. The maximum Gasteiger partial charge on any atom is 0.238 e. The highest BCUT2D eigenvalue weighted by molar-refractivity contribution is 5.81. The van der Waals surface area contributed by atoms with E-state index in [0.717, 1.165) is 18.4 Å². The molecular formula is C17H23FN2O. The molecular weight excluding hydrogens is 267 g/mol. The average molecular weight is 290 g/mol. The van der Waals surface area contributed by atoms with E-state index in [-0.39, 0.29) is 17.9 Å². The van der Waals surface area contributed by atoms with E-state index in [1.165, 1.54) is 44.2 Å². The van der Waals surface area contributed by atoms with Gasteiger partial charge in [-0.25, -0.2) is 4.39 Å². The number of nitrogens with zero attached hydrogens (tertiary/aromatic N) is 1. The number of halogens is 1. The molecule has 1 aromatic carbocycles. The van der Waals surface area contributed by atoms with Crippen LogP contribution in [0.25, 0.3) is 0 Å². The lowest BCUT2D eigenvalue weighted by atomic mass is 9.95. The Morgan fingerprint density at radius 1 is 1.00 bits per heavy atom. The van der Waals surface area contributed by atoms with Crippen molar-refractivity contribution in [1.29, 1.82) is 0 Å². The summed E-state index contributed by atoms with van der Waals surface area (Å²) in [6.45, 7) is 0.387. The van der Waals surface area contributed by atoms with Crippen LogP contribution in [0.4, 0.5) is 4.39 Å². The molecule has 1 N–H and O–H groups in total. The molecule has 21 heavy (non-hydrogen) atoms. The van der Waals surface area contributed by atoms with E-state index < -0.39 is 0 Å². The highest BCUT2D eigenvalue weighted by Crippen LogP contribution is 2.30. The topological polar surface area (TPSA) is 32.3 Å². The highest BCUT2D eigenvalue weighted by atomic mass is 19.1. The minimum Gasteiger partial charge on any atom is -0.319 e. The summed E-state index contributed by atoms with van der Waals surface area (Å²) in [4.78, 5) is 14.3. The van der Waals surface area contributed by atoms with Crippen LogP contribution in [0.2, 0.25) is 0 Å². The molecule has 1 aliphatic carbocycles. The van der Waals surface area contributed by atoms with Gasteiger partial charge in [0.2, 0.25) is 5.91 Å². The lowest BCUT2D eigenvalue weighted by Gasteiger charge is -2.34. The lowest BCUT2D eigenvalue weighted by molar-refractivity contribution is -0.130. The van der Waals surface area contributed by atoms with E-state index in [9.17, 15) is 9.18 Å². The molecule has 1 unspecified atom stereocenters. The maximum atomic E-state index is 13.1. The number of hydrogen-bond acceptors (Lipinski definition) is 2. The van der Waals surface area contributed by atoms with Gasteiger partial charge in [0.25, 0.3) is 0 Å². The van der Waals surface area contributed by atoms with Crippen molar-refractivity contribution < 1.29 is 9.18 Å². The average Bonchev–Trinajstić information content (AvgIpc) is 2.82. The number of rotatable bonds is 2. The van der Waals surface area contributed by atoms with Crippen molar-refractivity contribution in [2.24, 2.45) is 0 Å². The van der Waals surface area contributed by atoms with E-state index in [1.54, 1.807) is 12.1 Å². The van der Waals surface area contributed by atoms with Crippen molar-refractivity contribution in [1.82, 2.24) is 10.2 Å². The van der Waals surface area contributed by atoms with Crippen LogP contribution in [0.5, 0.6) is 0 Å². The molecule has 1 heterocycles. The van der Waals surface area contributed by atoms with Gasteiger partial charge >= 0.3 is 0 Å². The van der Waals surface area contributed by atoms with E-state index in [0.29, 0.717) is 12.6 Å². The standard InChI is InChI=1S/C17H23FN2O/c18-14-10-8-13(9-11-14)17-19-12-16(21)20(17)15-6-4-2-1-3-5-7-15/h8-11,15,17,19H,1-7,12H2. The molecule has 1 amide bonds. The Morgan fingerprint density at radius 3 is 2.29 bits per heavy atom. The third-order valence-corrected chi connectivity index (χ3v) is 4.67. The maximum absolute atomic E-state index is 13.1. The molecule has 0 radical (unpaired) electrons. The molecule has 1 aliphatic heterocycles. The zero-order valence-electron chi connectivity index (χ0n) is 12.4. The number of amides is 1. The molecule has 2 aliphatic rings. The fourth-order valence-electron chi connectivity index (χ4n) is 3.57. The lowest BCUT2D eigenvalue weighted by Crippen LogP contribution is -2.40. The number of hydrogen-bond donors (Lipinski definition) is 1. The summed E-state index contributed by atoms with van der Waals surface area (Å²) >= 11 is 0. The van der Waals surface area contributed by atoms with Crippen LogP contribution >= 0.6 is 0 Å². The van der Waals surface area contributed by atoms with Gasteiger partial charge in [-0.3, -0.25) is 10.1 Å². The fourth-order valence-corrected chi connectivity index (χ4v) is 3.57. The zero-order chi connectivity index (χ0) is 14.7. The molecule has 0 spiro atoms. The van der Waals surface area contributed by atoms with Crippen molar-refractivity contribution in [3.63, 3.8) is 0 Å². The normalized spacial score (nSPS) is 24.9. The minimum atomic E-state index is -0.236. The zero-order valence-corrected chi connectivity index (χ0v) is 12.4. The molecule has 2 fully saturated rings. The Hall–Kier alpha value is -1.42. The van der Waals surface area contributed by atoms with Gasteiger partial charge in [-0.15, -0.1) is 0 Å². The molecule has 3 rings (SSSR count). The smallest absolute Gasteiger partial charge is 0.238 e. The monoisotopic (exact) mass is 290 g/mol. The van der Waals surface area contributed by atoms with E-state index in [4.69, 9.17) is 0 Å². The molecule has 1 saturated heterocycles. The third-order valence-electron chi connectivity index (χ3n) is 4.67. The van der Waals surface area contributed by atoms with Crippen molar-refractivity contribution in [2.75, 3.05) is 6.54 Å². The van der Waals surface area contributed by atoms with Crippen molar-refractivity contribution in [3.05, 3.63) is 35.6 Å². The number of carbonyl (C=O) groups is 1. The second-order valence-electron chi connectivity index (χ2n) is 6.13. The largest absolute Gasteiger partial charge is 0.319 e. The molecule has 1 saturated carbocycles. The van der Waals surface area contributed by atoms with Crippen LogP contribution in [0.15, 0.2) is 24.3 Å². The Kier molecular flexibility index (Phi) is 4.54. The number of nitrogens with one attached hydrogen (secondary N) is 1. The summed E-state index contributed by atoms with van der Waals surface area (Å²) in [5.41, 5.74) is 0.976. The van der Waals surface area contributed by atoms with E-state index in [1.807, 2.05) is 4.90 Å². The first-order valence-electron chi connectivity index (χ1n) is 8.06. The van der Waals surface area contributed by atoms with Gasteiger partial charge in [0.05, 0.1) is 6.54 Å². The molecule has 4 heteroatoms. The summed E-state index contributed by atoms with van der Waals surface area (Å²) < 4.78 is 13.1. The van der Waals surface area contributed by atoms with Crippen molar-refractivity contribution >= 4 is 5.91 Å². The number of benzene rings is 1. The summed E-state index contributed by atoms with van der Waals surface area (Å²) in [6.07, 6.45) is 8.34. The first-order valence-corrected chi connectivity index (χ1v) is 8.06. The van der Waals surface area contributed by atoms with Gasteiger partial charge in [0.1, 0.15) is 12.0 Å². The molecule has 1 aromatic rings. The molecule has 3 nitrogen and oxygen atoms in total. The Balaban J connectivity index is 1.79. The fraction of sp³-hybridized carbons (Fsp3) is 0.588. The van der Waals surface area contributed by atoms with Gasteiger partial charge < -0.3 is 4.90 Å². The summed E-state index contributed by atoms with van der Waals surface area (Å²) in [5.74, 6) is -0.0597. The summed E-state index contributed by atoms with van der Waals surface area (Å²) in [5, 5.41) is 3.28. The summed E-state index contributed by atoms with van der Waals surface area (Å²) in [7, 11) is 0. The highest BCUT2D eigenvalue weighted by Gasteiger charge is 2.36. The van der Waals surface area contributed by atoms with Gasteiger partial charge in [0, 0.05) is 6.04 Å². The van der Waals surface area contributed by atoms with Crippen LogP contribution in [-0.2, 0) is 4.79 Å². The van der Waals surface area contributed by atoms with Crippen LogP contribution in [0.3, 0.4) is 0 Å². The predicted molar refractivity (Wildman–Crippen MR) is 80.1 cm³/mol. The van der Waals surface area contributed by atoms with Crippen molar-refractivity contribution in [3.8, 4) is 0 Å². The summed E-state index contributed by atoms with van der Waals surface area (Å²) in [6, 6.07) is 6.82. The van der Waals surface area contributed by atoms with Crippen molar-refractivity contribution in [2.45, 2.75) is 57.2 Å². The van der Waals surface area contributed by atoms with Gasteiger partial charge in [0.15, 0.2) is 0 Å². The van der Waals surface area contributed by atoms with Crippen LogP contribution in [-0.4, -0.2) is 23.4 Å². The Bertz CT molecular complexity index is 480. The quantitative estimate of drug-likeness (QED) is 0.905. The van der Waals surface area contributed by atoms with E-state index in [2.05, 4.69) is 5.32 Å². The molecule has 0 aromatic heterocycles. The van der Waals surface area contributed by atoms with Gasteiger partial charge in [-0.1, -0.05) is 44.2 Å².